The molecule has 0 radical (unpaired) electrons. The van der Waals surface area contributed by atoms with Gasteiger partial charge in [0.2, 0.25) is 0 Å². The molecule has 56 valence electrons. The summed E-state index contributed by atoms with van der Waals surface area (Å²) in [5, 5.41) is 0. The normalized spacial score (nSPS) is 13.7. The second-order valence-electron chi connectivity index (χ2n) is 2.26. The SMILES string of the molecule is CCCCC(CC)OCl. The molecule has 0 aliphatic heterocycles. The lowest BCUT2D eigenvalue weighted by Crippen LogP contribution is -2.04. The van der Waals surface area contributed by atoms with Gasteiger partial charge < -0.3 is 0 Å². The third-order valence-electron chi connectivity index (χ3n) is 1.46. The van der Waals surface area contributed by atoms with Crippen molar-refractivity contribution in [2.24, 2.45) is 0 Å². The van der Waals surface area contributed by atoms with E-state index in [0.29, 0.717) is 0 Å². The Hall–Kier alpha value is 0.250. The van der Waals surface area contributed by atoms with Gasteiger partial charge in [-0.3, -0.25) is 4.29 Å². The molecule has 0 aromatic carbocycles. The molecule has 0 spiro atoms. The molecule has 0 fully saturated rings. The summed E-state index contributed by atoms with van der Waals surface area (Å²) in [7, 11) is 0. The topological polar surface area (TPSA) is 9.23 Å². The Morgan fingerprint density at radius 3 is 2.44 bits per heavy atom. The average Bonchev–Trinajstić information content (AvgIpc) is 1.91. The first-order valence-electron chi connectivity index (χ1n) is 3.62. The summed E-state index contributed by atoms with van der Waals surface area (Å²) in [6.07, 6.45) is 4.81. The first-order chi connectivity index (χ1) is 4.35. The molecule has 0 aliphatic carbocycles. The monoisotopic (exact) mass is 150 g/mol. The van der Waals surface area contributed by atoms with Crippen LogP contribution in [0.5, 0.6) is 0 Å². The van der Waals surface area contributed by atoms with Crippen LogP contribution in [0.3, 0.4) is 0 Å². The van der Waals surface area contributed by atoms with Crippen molar-refractivity contribution < 1.29 is 4.29 Å². The average molecular weight is 151 g/mol. The second-order valence-corrected chi connectivity index (χ2v) is 2.44. The van der Waals surface area contributed by atoms with Crippen LogP contribution in [0.25, 0.3) is 0 Å². The number of hydrogen-bond donors (Lipinski definition) is 0. The van der Waals surface area contributed by atoms with Crippen molar-refractivity contribution in [1.82, 2.24) is 0 Å². The van der Waals surface area contributed by atoms with Crippen LogP contribution in [0, 0.1) is 0 Å². The molecule has 1 nitrogen and oxygen atoms in total. The van der Waals surface area contributed by atoms with Crippen LogP contribution in [-0.4, -0.2) is 6.10 Å². The minimum Gasteiger partial charge on any atom is -0.276 e. The fraction of sp³-hybridized carbons (Fsp3) is 1.00. The molecule has 0 aliphatic rings. The summed E-state index contributed by atoms with van der Waals surface area (Å²) in [5.74, 6) is 0. The van der Waals surface area contributed by atoms with Crippen LogP contribution in [0.1, 0.15) is 39.5 Å². The fourth-order valence-electron chi connectivity index (χ4n) is 0.743. The van der Waals surface area contributed by atoms with E-state index in [0.717, 1.165) is 12.8 Å². The lowest BCUT2D eigenvalue weighted by Gasteiger charge is -2.07. The Balaban J connectivity index is 3.09. The lowest BCUT2D eigenvalue weighted by atomic mass is 10.1. The molecular formula is C7H15ClO. The van der Waals surface area contributed by atoms with Gasteiger partial charge in [-0.25, -0.2) is 0 Å². The van der Waals surface area contributed by atoms with Crippen molar-refractivity contribution in [3.8, 4) is 0 Å². The molecule has 9 heavy (non-hydrogen) atoms. The molecule has 0 bridgehead atoms. The molecule has 0 heterocycles. The van der Waals surface area contributed by atoms with E-state index in [2.05, 4.69) is 18.1 Å². The van der Waals surface area contributed by atoms with E-state index in [1.807, 2.05) is 0 Å². The number of rotatable bonds is 5. The Labute approximate surface area is 62.5 Å². The van der Waals surface area contributed by atoms with E-state index in [9.17, 15) is 0 Å². The molecule has 0 rings (SSSR count). The molecule has 1 atom stereocenters. The van der Waals surface area contributed by atoms with Crippen molar-refractivity contribution >= 4 is 11.9 Å². The number of hydrogen-bond acceptors (Lipinski definition) is 1. The summed E-state index contributed by atoms with van der Waals surface area (Å²) in [6.45, 7) is 4.25. The summed E-state index contributed by atoms with van der Waals surface area (Å²) in [6, 6.07) is 0. The molecular weight excluding hydrogens is 136 g/mol. The maximum absolute atomic E-state index is 5.20. The predicted molar refractivity (Wildman–Crippen MR) is 40.5 cm³/mol. The van der Waals surface area contributed by atoms with Crippen LogP contribution >= 0.6 is 11.9 Å². The van der Waals surface area contributed by atoms with Crippen molar-refractivity contribution in [1.29, 1.82) is 0 Å². The highest BCUT2D eigenvalue weighted by Crippen LogP contribution is 2.09. The van der Waals surface area contributed by atoms with Gasteiger partial charge in [0.15, 0.2) is 0 Å². The second kappa shape index (κ2) is 6.37. The van der Waals surface area contributed by atoms with Gasteiger partial charge in [0, 0.05) is 0 Å². The standard InChI is InChI=1S/C7H15ClO/c1-3-5-6-7(4-2)9-8/h7H,3-6H2,1-2H3. The third kappa shape index (κ3) is 4.73. The van der Waals surface area contributed by atoms with Crippen LogP contribution < -0.4 is 0 Å². The number of unbranched alkanes of at least 4 members (excludes halogenated alkanes) is 1. The first-order valence-corrected chi connectivity index (χ1v) is 3.93. The smallest absolute Gasteiger partial charge is 0.0788 e. The van der Waals surface area contributed by atoms with E-state index < -0.39 is 0 Å². The highest BCUT2D eigenvalue weighted by atomic mass is 35.5. The van der Waals surface area contributed by atoms with Crippen molar-refractivity contribution in [3.63, 3.8) is 0 Å². The van der Waals surface area contributed by atoms with E-state index in [1.54, 1.807) is 0 Å². The van der Waals surface area contributed by atoms with Gasteiger partial charge in [0.25, 0.3) is 0 Å². The highest BCUT2D eigenvalue weighted by molar-refractivity contribution is 6.07. The summed E-state index contributed by atoms with van der Waals surface area (Å²) in [5.41, 5.74) is 0. The van der Waals surface area contributed by atoms with Gasteiger partial charge in [-0.15, -0.1) is 0 Å². The van der Waals surface area contributed by atoms with E-state index in [1.165, 1.54) is 12.8 Å². The van der Waals surface area contributed by atoms with Crippen molar-refractivity contribution in [2.45, 2.75) is 45.6 Å². The van der Waals surface area contributed by atoms with Crippen molar-refractivity contribution in [2.75, 3.05) is 0 Å². The van der Waals surface area contributed by atoms with Gasteiger partial charge in [-0.1, -0.05) is 26.7 Å². The van der Waals surface area contributed by atoms with Crippen molar-refractivity contribution in [3.05, 3.63) is 0 Å². The third-order valence-corrected chi connectivity index (χ3v) is 1.71. The minimum atomic E-state index is 0.270. The Bertz CT molecular complexity index is 52.9. The van der Waals surface area contributed by atoms with E-state index >= 15 is 0 Å². The molecule has 0 saturated heterocycles. The molecule has 2 heteroatoms. The number of halogens is 1. The fourth-order valence-corrected chi connectivity index (χ4v) is 0.959. The van der Waals surface area contributed by atoms with Gasteiger partial charge >= 0.3 is 0 Å². The van der Waals surface area contributed by atoms with Gasteiger partial charge in [-0.05, 0) is 12.8 Å². The molecule has 0 amide bonds. The van der Waals surface area contributed by atoms with Gasteiger partial charge in [-0.2, -0.15) is 0 Å². The predicted octanol–water partition coefficient (Wildman–Crippen LogP) is 3.13. The summed E-state index contributed by atoms with van der Waals surface area (Å²) < 4.78 is 4.67. The van der Waals surface area contributed by atoms with Crippen LogP contribution in [0.15, 0.2) is 0 Å². The van der Waals surface area contributed by atoms with E-state index in [-0.39, 0.29) is 6.10 Å². The van der Waals surface area contributed by atoms with Crippen LogP contribution in [0.2, 0.25) is 0 Å². The van der Waals surface area contributed by atoms with Crippen LogP contribution in [-0.2, 0) is 4.29 Å². The largest absolute Gasteiger partial charge is 0.276 e. The molecule has 0 N–H and O–H groups in total. The summed E-state index contributed by atoms with van der Waals surface area (Å²) >= 11 is 5.20. The minimum absolute atomic E-state index is 0.270. The quantitative estimate of drug-likeness (QED) is 0.585. The van der Waals surface area contributed by atoms with Gasteiger partial charge in [0.1, 0.15) is 0 Å². The van der Waals surface area contributed by atoms with Crippen LogP contribution in [0.4, 0.5) is 0 Å². The Kier molecular flexibility index (Phi) is 6.55. The molecule has 1 unspecified atom stereocenters. The zero-order chi connectivity index (χ0) is 7.11. The zero-order valence-corrected chi connectivity index (χ0v) is 6.95. The highest BCUT2D eigenvalue weighted by Gasteiger charge is 2.02. The van der Waals surface area contributed by atoms with E-state index in [4.69, 9.17) is 11.9 Å². The Morgan fingerprint density at radius 1 is 1.44 bits per heavy atom. The molecule has 0 saturated carbocycles. The lowest BCUT2D eigenvalue weighted by molar-refractivity contribution is 0.203. The maximum Gasteiger partial charge on any atom is 0.0788 e. The zero-order valence-electron chi connectivity index (χ0n) is 6.19. The maximum atomic E-state index is 5.20. The summed E-state index contributed by atoms with van der Waals surface area (Å²) in [4.78, 5) is 0. The molecule has 0 aromatic rings. The first kappa shape index (κ1) is 9.25. The van der Waals surface area contributed by atoms with Gasteiger partial charge in [0.05, 0.1) is 18.0 Å². The molecule has 0 aromatic heterocycles. The Morgan fingerprint density at radius 2 is 2.11 bits per heavy atom.